The van der Waals surface area contributed by atoms with Crippen molar-refractivity contribution in [2.75, 3.05) is 0 Å². The van der Waals surface area contributed by atoms with Crippen LogP contribution < -0.4 is 9.46 Å². The van der Waals surface area contributed by atoms with Gasteiger partial charge in [-0.1, -0.05) is 43.0 Å². The van der Waals surface area contributed by atoms with E-state index >= 15 is 0 Å². The van der Waals surface area contributed by atoms with Gasteiger partial charge in [0.25, 0.3) is 0 Å². The normalized spacial score (nSPS) is 16.0. The summed E-state index contributed by atoms with van der Waals surface area (Å²) in [5.41, 5.74) is 0. The Hall–Kier alpha value is -1.56. The quantitative estimate of drug-likeness (QED) is 0.832. The fourth-order valence-electron chi connectivity index (χ4n) is 2.85. The van der Waals surface area contributed by atoms with Gasteiger partial charge in [0.2, 0.25) is 10.0 Å². The molecule has 1 N–H and O–H groups in total. The molecule has 3 rings (SSSR count). The molecule has 24 heavy (non-hydrogen) atoms. The zero-order valence-electron chi connectivity index (χ0n) is 13.2. The number of hydrogen-bond acceptors (Lipinski definition) is 3. The Bertz CT molecular complexity index is 784. The van der Waals surface area contributed by atoms with Gasteiger partial charge < -0.3 is 4.74 Å². The van der Waals surface area contributed by atoms with Gasteiger partial charge in [-0.2, -0.15) is 0 Å². The van der Waals surface area contributed by atoms with Crippen LogP contribution in [0.4, 0.5) is 0 Å². The molecule has 0 heterocycles. The lowest BCUT2D eigenvalue weighted by Crippen LogP contribution is -2.36. The summed E-state index contributed by atoms with van der Waals surface area (Å²) >= 11 is 6.06. The van der Waals surface area contributed by atoms with Crippen molar-refractivity contribution in [2.24, 2.45) is 0 Å². The molecule has 1 aliphatic rings. The van der Waals surface area contributed by atoms with E-state index in [4.69, 9.17) is 16.3 Å². The molecule has 0 amide bonds. The van der Waals surface area contributed by atoms with Crippen LogP contribution in [0.2, 0.25) is 5.02 Å². The Balaban J connectivity index is 1.70. The zero-order chi connectivity index (χ0) is 17.0. The molecule has 0 unspecified atom stereocenters. The third-order valence-electron chi connectivity index (χ3n) is 4.13. The lowest BCUT2D eigenvalue weighted by atomic mass is 9.96. The first kappa shape index (κ1) is 17.3. The van der Waals surface area contributed by atoms with Gasteiger partial charge in [-0.25, -0.2) is 13.1 Å². The number of rotatable bonds is 5. The molecule has 0 atom stereocenters. The van der Waals surface area contributed by atoms with Crippen molar-refractivity contribution in [1.82, 2.24) is 4.72 Å². The highest BCUT2D eigenvalue weighted by molar-refractivity contribution is 7.89. The SMILES string of the molecule is O=S(=O)(NC1CCCCC1)c1ccc(Oc2ccccc2Cl)cc1. The van der Waals surface area contributed by atoms with Crippen molar-refractivity contribution in [3.63, 3.8) is 0 Å². The summed E-state index contributed by atoms with van der Waals surface area (Å²) in [6.07, 6.45) is 5.17. The van der Waals surface area contributed by atoms with E-state index in [0.717, 1.165) is 25.7 Å². The monoisotopic (exact) mass is 365 g/mol. The molecule has 0 radical (unpaired) electrons. The third kappa shape index (κ3) is 4.29. The van der Waals surface area contributed by atoms with Crippen molar-refractivity contribution >= 4 is 21.6 Å². The smallest absolute Gasteiger partial charge is 0.240 e. The second-order valence-electron chi connectivity index (χ2n) is 5.96. The number of ether oxygens (including phenoxy) is 1. The van der Waals surface area contributed by atoms with E-state index in [-0.39, 0.29) is 10.9 Å². The van der Waals surface area contributed by atoms with E-state index in [0.29, 0.717) is 16.5 Å². The standard InChI is InChI=1S/C18H20ClNO3S/c19-17-8-4-5-9-18(17)23-15-10-12-16(13-11-15)24(21,22)20-14-6-2-1-3-7-14/h4-5,8-14,20H,1-3,6-7H2. The predicted molar refractivity (Wildman–Crippen MR) is 95.2 cm³/mol. The molecule has 4 nitrogen and oxygen atoms in total. The molecule has 6 heteroatoms. The van der Waals surface area contributed by atoms with E-state index in [2.05, 4.69) is 4.72 Å². The first-order chi connectivity index (χ1) is 11.5. The lowest BCUT2D eigenvalue weighted by Gasteiger charge is -2.22. The lowest BCUT2D eigenvalue weighted by molar-refractivity contribution is 0.412. The molecule has 0 aliphatic heterocycles. The minimum Gasteiger partial charge on any atom is -0.456 e. The summed E-state index contributed by atoms with van der Waals surface area (Å²) in [6.45, 7) is 0. The maximum atomic E-state index is 12.5. The summed E-state index contributed by atoms with van der Waals surface area (Å²) in [5, 5.41) is 0.508. The first-order valence-corrected chi connectivity index (χ1v) is 9.95. The molecule has 0 saturated heterocycles. The molecule has 0 aromatic heterocycles. The molecule has 128 valence electrons. The summed E-state index contributed by atoms with van der Waals surface area (Å²) in [7, 11) is -3.49. The maximum Gasteiger partial charge on any atom is 0.240 e. The van der Waals surface area contributed by atoms with Crippen LogP contribution in [0.3, 0.4) is 0 Å². The van der Waals surface area contributed by atoms with Crippen LogP contribution in [-0.4, -0.2) is 14.5 Å². The van der Waals surface area contributed by atoms with Gasteiger partial charge in [0.15, 0.2) is 0 Å². The second-order valence-corrected chi connectivity index (χ2v) is 8.08. The fourth-order valence-corrected chi connectivity index (χ4v) is 4.33. The molecule has 1 fully saturated rings. The topological polar surface area (TPSA) is 55.4 Å². The van der Waals surface area contributed by atoms with E-state index in [1.165, 1.54) is 6.42 Å². The number of para-hydroxylation sites is 1. The second kappa shape index (κ2) is 7.55. The molecule has 2 aromatic rings. The van der Waals surface area contributed by atoms with Crippen LogP contribution in [0.5, 0.6) is 11.5 Å². The summed E-state index contributed by atoms with van der Waals surface area (Å²) < 4.78 is 33.4. The number of nitrogens with one attached hydrogen (secondary N) is 1. The van der Waals surface area contributed by atoms with Crippen LogP contribution >= 0.6 is 11.6 Å². The summed E-state index contributed by atoms with van der Waals surface area (Å²) in [4.78, 5) is 0.250. The van der Waals surface area contributed by atoms with Gasteiger partial charge in [-0.15, -0.1) is 0 Å². The maximum absolute atomic E-state index is 12.5. The van der Waals surface area contributed by atoms with Crippen LogP contribution in [0.15, 0.2) is 53.4 Å². The van der Waals surface area contributed by atoms with Crippen molar-refractivity contribution in [1.29, 1.82) is 0 Å². The van der Waals surface area contributed by atoms with E-state index in [9.17, 15) is 8.42 Å². The Morgan fingerprint density at radius 3 is 2.29 bits per heavy atom. The minimum absolute atomic E-state index is 0.0443. The zero-order valence-corrected chi connectivity index (χ0v) is 14.8. The number of sulfonamides is 1. The van der Waals surface area contributed by atoms with Gasteiger partial charge >= 0.3 is 0 Å². The Labute approximate surface area is 147 Å². The Morgan fingerprint density at radius 1 is 0.958 bits per heavy atom. The molecule has 2 aromatic carbocycles. The Kier molecular flexibility index (Phi) is 5.43. The van der Waals surface area contributed by atoms with E-state index in [1.54, 1.807) is 36.4 Å². The highest BCUT2D eigenvalue weighted by Crippen LogP contribution is 2.29. The van der Waals surface area contributed by atoms with Gasteiger partial charge in [0, 0.05) is 6.04 Å². The number of hydrogen-bond donors (Lipinski definition) is 1. The van der Waals surface area contributed by atoms with Crippen molar-refractivity contribution in [3.05, 3.63) is 53.6 Å². The van der Waals surface area contributed by atoms with Gasteiger partial charge in [-0.05, 0) is 49.2 Å². The van der Waals surface area contributed by atoms with Crippen molar-refractivity contribution in [2.45, 2.75) is 43.0 Å². The minimum atomic E-state index is -3.49. The highest BCUT2D eigenvalue weighted by atomic mass is 35.5. The fraction of sp³-hybridized carbons (Fsp3) is 0.333. The third-order valence-corrected chi connectivity index (χ3v) is 5.97. The first-order valence-electron chi connectivity index (χ1n) is 8.09. The summed E-state index contributed by atoms with van der Waals surface area (Å²) in [6, 6.07) is 13.6. The van der Waals surface area contributed by atoms with Crippen LogP contribution in [0, 0.1) is 0 Å². The Morgan fingerprint density at radius 2 is 1.62 bits per heavy atom. The number of halogens is 1. The van der Waals surface area contributed by atoms with Crippen LogP contribution in [-0.2, 0) is 10.0 Å². The van der Waals surface area contributed by atoms with E-state index < -0.39 is 10.0 Å². The molecular formula is C18H20ClNO3S. The average molecular weight is 366 g/mol. The van der Waals surface area contributed by atoms with Gasteiger partial charge in [0.05, 0.1) is 9.92 Å². The molecule has 1 saturated carbocycles. The van der Waals surface area contributed by atoms with Crippen molar-refractivity contribution in [3.8, 4) is 11.5 Å². The molecule has 0 spiro atoms. The van der Waals surface area contributed by atoms with E-state index in [1.807, 2.05) is 12.1 Å². The molecule has 0 bridgehead atoms. The van der Waals surface area contributed by atoms with Gasteiger partial charge in [-0.3, -0.25) is 0 Å². The highest BCUT2D eigenvalue weighted by Gasteiger charge is 2.21. The molecule has 1 aliphatic carbocycles. The summed E-state index contributed by atoms with van der Waals surface area (Å²) in [5.74, 6) is 1.08. The van der Waals surface area contributed by atoms with Crippen LogP contribution in [0.25, 0.3) is 0 Å². The largest absolute Gasteiger partial charge is 0.456 e. The van der Waals surface area contributed by atoms with Crippen molar-refractivity contribution < 1.29 is 13.2 Å². The van der Waals surface area contributed by atoms with Gasteiger partial charge in [0.1, 0.15) is 11.5 Å². The number of benzene rings is 2. The predicted octanol–water partition coefficient (Wildman–Crippen LogP) is 4.74. The van der Waals surface area contributed by atoms with Crippen LogP contribution in [0.1, 0.15) is 32.1 Å². The molecular weight excluding hydrogens is 346 g/mol. The average Bonchev–Trinajstić information content (AvgIpc) is 2.58.